The Morgan fingerprint density at radius 1 is 1.08 bits per heavy atom. The van der Waals surface area contributed by atoms with E-state index in [0.717, 1.165) is 26.2 Å². The predicted molar refractivity (Wildman–Crippen MR) is 98.1 cm³/mol. The van der Waals surface area contributed by atoms with Gasteiger partial charge in [-0.3, -0.25) is 4.79 Å². The van der Waals surface area contributed by atoms with E-state index >= 15 is 0 Å². The number of para-hydroxylation sites is 1. The minimum absolute atomic E-state index is 0.0697. The summed E-state index contributed by atoms with van der Waals surface area (Å²) < 4.78 is 24.4. The van der Waals surface area contributed by atoms with Crippen molar-refractivity contribution in [3.63, 3.8) is 0 Å². The maximum atomic E-state index is 13.9. The largest absolute Gasteiger partial charge is 0.493 e. The summed E-state index contributed by atoms with van der Waals surface area (Å²) in [5.41, 5.74) is 1.25. The van der Waals surface area contributed by atoms with Gasteiger partial charge in [-0.2, -0.15) is 0 Å². The summed E-state index contributed by atoms with van der Waals surface area (Å²) in [5, 5.41) is 0. The number of piperazine rings is 1. The van der Waals surface area contributed by atoms with Gasteiger partial charge in [0.25, 0.3) is 0 Å². The number of nitrogens with zero attached hydrogens (tertiary/aromatic N) is 1. The van der Waals surface area contributed by atoms with Crippen LogP contribution in [0.15, 0.2) is 42.5 Å². The van der Waals surface area contributed by atoms with Crippen LogP contribution in [0, 0.1) is 5.82 Å². The second-order valence-corrected chi connectivity index (χ2v) is 6.36. The van der Waals surface area contributed by atoms with E-state index in [4.69, 9.17) is 9.47 Å². The summed E-state index contributed by atoms with van der Waals surface area (Å²) in [5.74, 6) is 1.03. The molecule has 2 aromatic carbocycles. The van der Waals surface area contributed by atoms with Crippen molar-refractivity contribution in [3.05, 3.63) is 53.8 Å². The summed E-state index contributed by atoms with van der Waals surface area (Å²) in [7, 11) is 3.12. The number of anilines is 1. The lowest BCUT2D eigenvalue weighted by Crippen LogP contribution is -3.15. The fraction of sp³-hybridized carbons (Fsp3) is 0.350. The number of quaternary nitrogens is 1. The number of hydrogen-bond donors (Lipinski definition) is 1. The van der Waals surface area contributed by atoms with E-state index < -0.39 is 0 Å². The van der Waals surface area contributed by atoms with Crippen LogP contribution in [0.4, 0.5) is 10.1 Å². The number of nitrogens with one attached hydrogen (secondary N) is 1. The monoisotopic (exact) mass is 359 g/mol. The quantitative estimate of drug-likeness (QED) is 0.793. The molecule has 1 aliphatic rings. The number of carbonyl (C=O) groups is 1. The molecular weight excluding hydrogens is 335 g/mol. The van der Waals surface area contributed by atoms with Gasteiger partial charge >= 0.3 is 0 Å². The summed E-state index contributed by atoms with van der Waals surface area (Å²) in [4.78, 5) is 15.8. The van der Waals surface area contributed by atoms with Crippen LogP contribution in [-0.4, -0.2) is 52.7 Å². The molecule has 0 atom stereocenters. The van der Waals surface area contributed by atoms with Crippen molar-refractivity contribution < 1.29 is 23.6 Å². The van der Waals surface area contributed by atoms with Gasteiger partial charge in [-0.05, 0) is 30.3 Å². The molecule has 1 saturated heterocycles. The minimum Gasteiger partial charge on any atom is -0.493 e. The zero-order valence-corrected chi connectivity index (χ0v) is 15.1. The number of ether oxygens (including phenoxy) is 2. The highest BCUT2D eigenvalue weighted by Gasteiger charge is 2.24. The first-order valence-corrected chi connectivity index (χ1v) is 8.70. The predicted octanol–water partition coefficient (Wildman–Crippen LogP) is 1.43. The highest BCUT2D eigenvalue weighted by molar-refractivity contribution is 5.97. The second-order valence-electron chi connectivity index (χ2n) is 6.36. The lowest BCUT2D eigenvalue weighted by Gasteiger charge is -2.33. The molecule has 0 amide bonds. The van der Waals surface area contributed by atoms with Crippen LogP contribution >= 0.6 is 0 Å². The minimum atomic E-state index is -0.197. The van der Waals surface area contributed by atoms with Gasteiger partial charge in [-0.25, -0.2) is 4.39 Å². The van der Waals surface area contributed by atoms with Gasteiger partial charge in [-0.1, -0.05) is 12.1 Å². The molecule has 0 spiro atoms. The van der Waals surface area contributed by atoms with E-state index in [-0.39, 0.29) is 11.6 Å². The van der Waals surface area contributed by atoms with E-state index in [0.29, 0.717) is 29.3 Å². The van der Waals surface area contributed by atoms with Gasteiger partial charge in [0.1, 0.15) is 12.4 Å². The van der Waals surface area contributed by atoms with Gasteiger partial charge in [0.2, 0.25) is 5.78 Å². The second kappa shape index (κ2) is 8.19. The van der Waals surface area contributed by atoms with E-state index in [1.165, 1.54) is 11.0 Å². The highest BCUT2D eigenvalue weighted by atomic mass is 19.1. The molecule has 0 aliphatic carbocycles. The fourth-order valence-electron chi connectivity index (χ4n) is 3.29. The van der Waals surface area contributed by atoms with Gasteiger partial charge in [0.05, 0.1) is 46.1 Å². The molecule has 0 unspecified atom stereocenters. The first-order chi connectivity index (χ1) is 12.6. The normalized spacial score (nSPS) is 15.0. The molecule has 1 N–H and O–H groups in total. The molecule has 3 rings (SSSR count). The molecule has 1 fully saturated rings. The van der Waals surface area contributed by atoms with Crippen LogP contribution in [0.25, 0.3) is 0 Å². The number of halogens is 1. The fourth-order valence-corrected chi connectivity index (χ4v) is 3.29. The van der Waals surface area contributed by atoms with Gasteiger partial charge < -0.3 is 19.3 Å². The third kappa shape index (κ3) is 3.96. The molecule has 6 heteroatoms. The Morgan fingerprint density at radius 3 is 2.42 bits per heavy atom. The van der Waals surface area contributed by atoms with Crippen molar-refractivity contribution in [1.29, 1.82) is 0 Å². The molecule has 1 aliphatic heterocycles. The number of methoxy groups -OCH3 is 2. The molecular formula is C20H24FN2O3+. The molecule has 2 aromatic rings. The SMILES string of the molecule is COc1ccc(C(=O)C[NH+]2CCN(c3ccccc3F)CC2)cc1OC. The Hall–Kier alpha value is -2.60. The zero-order valence-electron chi connectivity index (χ0n) is 15.1. The third-order valence-corrected chi connectivity index (χ3v) is 4.78. The summed E-state index contributed by atoms with van der Waals surface area (Å²) in [6.45, 7) is 3.48. The maximum Gasteiger partial charge on any atom is 0.217 e. The molecule has 26 heavy (non-hydrogen) atoms. The van der Waals surface area contributed by atoms with Crippen molar-refractivity contribution in [3.8, 4) is 11.5 Å². The van der Waals surface area contributed by atoms with Crippen LogP contribution in [0.3, 0.4) is 0 Å². The van der Waals surface area contributed by atoms with Crippen molar-refractivity contribution in [2.24, 2.45) is 0 Å². The summed E-state index contributed by atoms with van der Waals surface area (Å²) >= 11 is 0. The number of ketones is 1. The number of carbonyl (C=O) groups excluding carboxylic acids is 1. The molecule has 138 valence electrons. The standard InChI is InChI=1S/C20H23FN2O3/c1-25-19-8-7-15(13-20(19)26-2)18(24)14-22-9-11-23(12-10-22)17-6-4-3-5-16(17)21/h3-8,13H,9-12,14H2,1-2H3/p+1. The van der Waals surface area contributed by atoms with Gasteiger partial charge in [0.15, 0.2) is 11.5 Å². The molecule has 0 radical (unpaired) electrons. The summed E-state index contributed by atoms with van der Waals surface area (Å²) in [6.07, 6.45) is 0. The Balaban J connectivity index is 1.59. The first-order valence-electron chi connectivity index (χ1n) is 8.70. The molecule has 0 saturated carbocycles. The van der Waals surface area contributed by atoms with Crippen molar-refractivity contribution in [2.75, 3.05) is 51.8 Å². The van der Waals surface area contributed by atoms with Crippen LogP contribution in [-0.2, 0) is 0 Å². The smallest absolute Gasteiger partial charge is 0.217 e. The highest BCUT2D eigenvalue weighted by Crippen LogP contribution is 2.27. The molecule has 0 aromatic heterocycles. The Labute approximate surface area is 152 Å². The average molecular weight is 359 g/mol. The van der Waals surface area contributed by atoms with Gasteiger partial charge in [-0.15, -0.1) is 0 Å². The lowest BCUT2D eigenvalue weighted by molar-refractivity contribution is -0.892. The maximum absolute atomic E-state index is 13.9. The number of Topliss-reactive ketones (excluding diaryl/α,β-unsaturated/α-hetero) is 1. The molecule has 0 bridgehead atoms. The first kappa shape index (κ1) is 18.2. The lowest BCUT2D eigenvalue weighted by atomic mass is 10.1. The molecule has 5 nitrogen and oxygen atoms in total. The number of hydrogen-bond acceptors (Lipinski definition) is 4. The molecule has 1 heterocycles. The van der Waals surface area contributed by atoms with Crippen LogP contribution in [0.2, 0.25) is 0 Å². The topological polar surface area (TPSA) is 43.2 Å². The van der Waals surface area contributed by atoms with Crippen LogP contribution < -0.4 is 19.3 Å². The van der Waals surface area contributed by atoms with E-state index in [2.05, 4.69) is 0 Å². The van der Waals surface area contributed by atoms with Crippen LogP contribution in [0.5, 0.6) is 11.5 Å². The van der Waals surface area contributed by atoms with E-state index in [1.807, 2.05) is 11.0 Å². The number of benzene rings is 2. The van der Waals surface area contributed by atoms with Crippen molar-refractivity contribution in [1.82, 2.24) is 0 Å². The Bertz CT molecular complexity index is 773. The van der Waals surface area contributed by atoms with E-state index in [9.17, 15) is 9.18 Å². The Kier molecular flexibility index (Phi) is 5.73. The average Bonchev–Trinajstić information content (AvgIpc) is 2.68. The summed E-state index contributed by atoms with van der Waals surface area (Å²) in [6, 6.07) is 12.1. The number of rotatable bonds is 6. The Morgan fingerprint density at radius 2 is 1.77 bits per heavy atom. The van der Waals surface area contributed by atoms with E-state index in [1.54, 1.807) is 44.6 Å². The van der Waals surface area contributed by atoms with Crippen molar-refractivity contribution in [2.45, 2.75) is 0 Å². The van der Waals surface area contributed by atoms with Crippen LogP contribution in [0.1, 0.15) is 10.4 Å². The zero-order chi connectivity index (χ0) is 18.5. The van der Waals surface area contributed by atoms with Crippen molar-refractivity contribution >= 4 is 11.5 Å². The third-order valence-electron chi connectivity index (χ3n) is 4.78. The van der Waals surface area contributed by atoms with Gasteiger partial charge in [0, 0.05) is 5.56 Å².